The largest absolute Gasteiger partial charge is 0.369 e. The molecule has 2 N–H and O–H groups in total. The van der Waals surface area contributed by atoms with E-state index in [4.69, 9.17) is 17.3 Å². The molecule has 0 saturated heterocycles. The molecule has 1 fully saturated rings. The van der Waals surface area contributed by atoms with Gasteiger partial charge in [0.15, 0.2) is 0 Å². The van der Waals surface area contributed by atoms with E-state index in [0.29, 0.717) is 11.0 Å². The molecule has 2 aromatic rings. The lowest BCUT2D eigenvalue weighted by Crippen LogP contribution is -2.05. The zero-order chi connectivity index (χ0) is 13.2. The van der Waals surface area contributed by atoms with E-state index in [9.17, 15) is 0 Å². The summed E-state index contributed by atoms with van der Waals surface area (Å²) < 4.78 is 2.11. The van der Waals surface area contributed by atoms with Crippen molar-refractivity contribution in [3.05, 3.63) is 23.2 Å². The maximum absolute atomic E-state index is 6.01. The Kier molecular flexibility index (Phi) is 3.65. The maximum atomic E-state index is 6.01. The molecule has 1 aromatic carbocycles. The first-order valence-electron chi connectivity index (χ1n) is 7.15. The van der Waals surface area contributed by atoms with E-state index in [0.717, 1.165) is 23.5 Å². The number of anilines is 1. The number of hydrogen-bond acceptors (Lipinski definition) is 2. The van der Waals surface area contributed by atoms with Crippen LogP contribution in [-0.4, -0.2) is 9.55 Å². The van der Waals surface area contributed by atoms with Gasteiger partial charge < -0.3 is 10.3 Å². The van der Waals surface area contributed by atoms with Crippen LogP contribution in [0.5, 0.6) is 0 Å². The summed E-state index contributed by atoms with van der Waals surface area (Å²) in [6.07, 6.45) is 8.15. The summed E-state index contributed by atoms with van der Waals surface area (Å²) in [5.41, 5.74) is 7.99. The van der Waals surface area contributed by atoms with E-state index in [1.807, 2.05) is 18.2 Å². The molecule has 0 radical (unpaired) electrons. The summed E-state index contributed by atoms with van der Waals surface area (Å²) in [5.74, 6) is 1.54. The Morgan fingerprint density at radius 2 is 2.11 bits per heavy atom. The predicted octanol–water partition coefficient (Wildman–Crippen LogP) is 4.24. The number of hydrogen-bond donors (Lipinski definition) is 1. The minimum atomic E-state index is 0.601. The quantitative estimate of drug-likeness (QED) is 0.908. The molecule has 1 heterocycles. The molecule has 0 aliphatic heterocycles. The second-order valence-electron chi connectivity index (χ2n) is 5.55. The van der Waals surface area contributed by atoms with Crippen LogP contribution in [0.2, 0.25) is 5.02 Å². The first-order chi connectivity index (χ1) is 9.24. The fourth-order valence-electron chi connectivity index (χ4n) is 3.19. The molecule has 4 heteroatoms. The number of halogens is 1. The Bertz CT molecular complexity index is 570. The van der Waals surface area contributed by atoms with Gasteiger partial charge in [0.25, 0.3) is 0 Å². The van der Waals surface area contributed by atoms with E-state index in [2.05, 4.69) is 9.55 Å². The van der Waals surface area contributed by atoms with Crippen molar-refractivity contribution in [2.75, 3.05) is 5.73 Å². The Morgan fingerprint density at radius 1 is 1.32 bits per heavy atom. The minimum Gasteiger partial charge on any atom is -0.369 e. The number of nitrogens with zero attached hydrogens (tertiary/aromatic N) is 2. The van der Waals surface area contributed by atoms with Crippen molar-refractivity contribution >= 4 is 28.6 Å². The number of aromatic nitrogens is 2. The zero-order valence-corrected chi connectivity index (χ0v) is 11.9. The number of benzene rings is 1. The second-order valence-corrected chi connectivity index (χ2v) is 5.98. The van der Waals surface area contributed by atoms with Crippen LogP contribution >= 0.6 is 11.6 Å². The summed E-state index contributed by atoms with van der Waals surface area (Å²) in [6, 6.07) is 5.79. The molecule has 1 aromatic heterocycles. The van der Waals surface area contributed by atoms with Crippen LogP contribution in [0.4, 0.5) is 5.95 Å². The fourth-order valence-corrected chi connectivity index (χ4v) is 3.36. The molecule has 0 amide bonds. The van der Waals surface area contributed by atoms with Gasteiger partial charge in [-0.1, -0.05) is 37.3 Å². The van der Waals surface area contributed by atoms with Crippen molar-refractivity contribution in [2.24, 2.45) is 5.92 Å². The van der Waals surface area contributed by atoms with Gasteiger partial charge in [-0.05, 0) is 37.0 Å². The summed E-state index contributed by atoms with van der Waals surface area (Å²) in [7, 11) is 0. The number of aryl methyl sites for hydroxylation is 1. The summed E-state index contributed by atoms with van der Waals surface area (Å²) in [4.78, 5) is 4.38. The molecule has 0 unspecified atom stereocenters. The molecule has 0 bridgehead atoms. The molecule has 3 rings (SSSR count). The molecule has 1 saturated carbocycles. The Labute approximate surface area is 118 Å². The van der Waals surface area contributed by atoms with Gasteiger partial charge in [-0.15, -0.1) is 0 Å². The van der Waals surface area contributed by atoms with Crippen molar-refractivity contribution in [1.29, 1.82) is 0 Å². The highest BCUT2D eigenvalue weighted by Crippen LogP contribution is 2.29. The lowest BCUT2D eigenvalue weighted by molar-refractivity contribution is 0.462. The number of fused-ring (bicyclic) bond motifs is 1. The smallest absolute Gasteiger partial charge is 0.201 e. The van der Waals surface area contributed by atoms with Gasteiger partial charge in [0.1, 0.15) is 0 Å². The van der Waals surface area contributed by atoms with Crippen molar-refractivity contribution in [1.82, 2.24) is 9.55 Å². The molecule has 0 atom stereocenters. The summed E-state index contributed by atoms with van der Waals surface area (Å²) in [5, 5.41) is 0.711. The number of rotatable bonds is 4. The van der Waals surface area contributed by atoms with Crippen LogP contribution in [0.1, 0.15) is 38.5 Å². The monoisotopic (exact) mass is 277 g/mol. The molecule has 19 heavy (non-hydrogen) atoms. The lowest BCUT2D eigenvalue weighted by atomic mass is 10.0. The molecule has 102 valence electrons. The van der Waals surface area contributed by atoms with E-state index < -0.39 is 0 Å². The van der Waals surface area contributed by atoms with Gasteiger partial charge in [-0.25, -0.2) is 4.98 Å². The highest BCUT2D eigenvalue weighted by Gasteiger charge is 2.15. The third kappa shape index (κ3) is 2.71. The van der Waals surface area contributed by atoms with Crippen LogP contribution < -0.4 is 5.73 Å². The SMILES string of the molecule is Nc1nc2cc(Cl)ccc2n1CCCC1CCCC1. The standard InChI is InChI=1S/C15H20ClN3/c16-12-7-8-14-13(10-12)18-15(17)19(14)9-3-6-11-4-1-2-5-11/h7-8,10-11H,1-6,9H2,(H2,17,18). The van der Waals surface area contributed by atoms with E-state index in [1.54, 1.807) is 0 Å². The van der Waals surface area contributed by atoms with Gasteiger partial charge in [-0.2, -0.15) is 0 Å². The Hall–Kier alpha value is -1.22. The predicted molar refractivity (Wildman–Crippen MR) is 80.3 cm³/mol. The highest BCUT2D eigenvalue weighted by molar-refractivity contribution is 6.31. The molecule has 1 aliphatic rings. The summed E-state index contributed by atoms with van der Waals surface area (Å²) >= 11 is 5.98. The van der Waals surface area contributed by atoms with Crippen LogP contribution in [0.15, 0.2) is 18.2 Å². The molecular weight excluding hydrogens is 258 g/mol. The van der Waals surface area contributed by atoms with E-state index in [1.165, 1.54) is 38.5 Å². The third-order valence-electron chi connectivity index (χ3n) is 4.21. The number of nitrogen functional groups attached to an aromatic ring is 1. The van der Waals surface area contributed by atoms with Crippen molar-refractivity contribution in [3.8, 4) is 0 Å². The molecule has 1 aliphatic carbocycles. The number of nitrogens with two attached hydrogens (primary N) is 1. The van der Waals surface area contributed by atoms with Crippen LogP contribution in [0.3, 0.4) is 0 Å². The average Bonchev–Trinajstić information content (AvgIpc) is 2.98. The van der Waals surface area contributed by atoms with Gasteiger partial charge in [0, 0.05) is 11.6 Å². The second kappa shape index (κ2) is 5.41. The van der Waals surface area contributed by atoms with E-state index in [-0.39, 0.29) is 0 Å². The van der Waals surface area contributed by atoms with Gasteiger partial charge >= 0.3 is 0 Å². The van der Waals surface area contributed by atoms with Gasteiger partial charge in [0.2, 0.25) is 5.95 Å². The van der Waals surface area contributed by atoms with Gasteiger partial charge in [0.05, 0.1) is 11.0 Å². The van der Waals surface area contributed by atoms with Crippen LogP contribution in [-0.2, 0) is 6.54 Å². The normalized spacial score (nSPS) is 16.5. The maximum Gasteiger partial charge on any atom is 0.201 e. The minimum absolute atomic E-state index is 0.601. The topological polar surface area (TPSA) is 43.8 Å². The Balaban J connectivity index is 1.71. The zero-order valence-electron chi connectivity index (χ0n) is 11.1. The third-order valence-corrected chi connectivity index (χ3v) is 4.44. The highest BCUT2D eigenvalue weighted by atomic mass is 35.5. The first-order valence-corrected chi connectivity index (χ1v) is 7.53. The van der Waals surface area contributed by atoms with E-state index >= 15 is 0 Å². The van der Waals surface area contributed by atoms with Crippen molar-refractivity contribution in [2.45, 2.75) is 45.1 Å². The van der Waals surface area contributed by atoms with Crippen LogP contribution in [0.25, 0.3) is 11.0 Å². The lowest BCUT2D eigenvalue weighted by Gasteiger charge is -2.10. The summed E-state index contributed by atoms with van der Waals surface area (Å²) in [6.45, 7) is 0.959. The number of imidazole rings is 1. The average molecular weight is 278 g/mol. The first kappa shape index (κ1) is 12.8. The van der Waals surface area contributed by atoms with Crippen LogP contribution in [0, 0.1) is 5.92 Å². The molecule has 0 spiro atoms. The molecular formula is C15H20ClN3. The van der Waals surface area contributed by atoms with Crippen molar-refractivity contribution in [3.63, 3.8) is 0 Å². The van der Waals surface area contributed by atoms with Crippen molar-refractivity contribution < 1.29 is 0 Å². The van der Waals surface area contributed by atoms with Gasteiger partial charge in [-0.3, -0.25) is 0 Å². The molecule has 3 nitrogen and oxygen atoms in total. The fraction of sp³-hybridized carbons (Fsp3) is 0.533. The Morgan fingerprint density at radius 3 is 2.89 bits per heavy atom.